The van der Waals surface area contributed by atoms with Crippen molar-refractivity contribution in [1.29, 1.82) is 0 Å². The highest BCUT2D eigenvalue weighted by atomic mass is 35.5. The Hall–Kier alpha value is -1.79. The Bertz CT molecular complexity index is 512. The van der Waals surface area contributed by atoms with Crippen molar-refractivity contribution in [3.8, 4) is 0 Å². The topological polar surface area (TPSA) is 0 Å². The van der Waals surface area contributed by atoms with Gasteiger partial charge in [-0.1, -0.05) is 79.4 Å². The van der Waals surface area contributed by atoms with E-state index >= 15 is 0 Å². The van der Waals surface area contributed by atoms with Crippen molar-refractivity contribution in [1.82, 2.24) is 0 Å². The van der Waals surface area contributed by atoms with E-state index in [1.807, 2.05) is 61.5 Å². The van der Waals surface area contributed by atoms with Crippen molar-refractivity contribution in [2.24, 2.45) is 0 Å². The monoisotopic (exact) mass is 256 g/mol. The van der Waals surface area contributed by atoms with Crippen molar-refractivity contribution in [3.05, 3.63) is 83.4 Å². The number of benzene rings is 2. The third-order valence-corrected chi connectivity index (χ3v) is 2.74. The highest BCUT2D eigenvalue weighted by molar-refractivity contribution is 6.32. The van der Waals surface area contributed by atoms with E-state index in [4.69, 9.17) is 11.6 Å². The van der Waals surface area contributed by atoms with Gasteiger partial charge in [0.05, 0.1) is 0 Å². The fourth-order valence-electron chi connectivity index (χ4n) is 1.39. The Morgan fingerprint density at radius 2 is 1.61 bits per heavy atom. The third kappa shape index (κ3) is 4.60. The standard InChI is InChI=1S/C9H9Cl.C8H8/c1-3-8-5-4-7(2)6-9(8)10;1-2-8-6-4-3-5-7-8/h3-6H,1H2,2H3;2-7H,1H2. The van der Waals surface area contributed by atoms with Crippen LogP contribution in [0.5, 0.6) is 0 Å². The van der Waals surface area contributed by atoms with Crippen molar-refractivity contribution < 1.29 is 0 Å². The molecule has 0 aliphatic carbocycles. The van der Waals surface area contributed by atoms with Gasteiger partial charge >= 0.3 is 0 Å². The lowest BCUT2D eigenvalue weighted by Gasteiger charge is -1.97. The van der Waals surface area contributed by atoms with Crippen molar-refractivity contribution in [3.63, 3.8) is 0 Å². The molecule has 0 saturated carbocycles. The van der Waals surface area contributed by atoms with E-state index in [1.54, 1.807) is 6.08 Å². The quantitative estimate of drug-likeness (QED) is 0.654. The number of halogens is 1. The summed E-state index contributed by atoms with van der Waals surface area (Å²) in [5.74, 6) is 0. The van der Waals surface area contributed by atoms with Gasteiger partial charge in [0.25, 0.3) is 0 Å². The molecule has 0 heterocycles. The molecule has 18 heavy (non-hydrogen) atoms. The van der Waals surface area contributed by atoms with Crippen molar-refractivity contribution in [2.45, 2.75) is 6.92 Å². The van der Waals surface area contributed by atoms with Crippen LogP contribution in [0.15, 0.2) is 61.7 Å². The fraction of sp³-hybridized carbons (Fsp3) is 0.0588. The highest BCUT2D eigenvalue weighted by Crippen LogP contribution is 2.17. The molecule has 92 valence electrons. The van der Waals surface area contributed by atoms with E-state index in [9.17, 15) is 0 Å². The van der Waals surface area contributed by atoms with E-state index in [1.165, 1.54) is 11.1 Å². The SMILES string of the molecule is C=Cc1ccc(C)cc1Cl.C=Cc1ccccc1. The number of hydrogen-bond acceptors (Lipinski definition) is 0. The molecular weight excluding hydrogens is 240 g/mol. The Balaban J connectivity index is 0.000000184. The minimum absolute atomic E-state index is 0.773. The van der Waals surface area contributed by atoms with Gasteiger partial charge in [-0.2, -0.15) is 0 Å². The molecule has 0 aromatic heterocycles. The second-order valence-corrected chi connectivity index (χ2v) is 4.25. The van der Waals surface area contributed by atoms with Gasteiger partial charge in [-0.25, -0.2) is 0 Å². The summed E-state index contributed by atoms with van der Waals surface area (Å²) in [5.41, 5.74) is 3.34. The molecule has 0 unspecified atom stereocenters. The summed E-state index contributed by atoms with van der Waals surface area (Å²) in [5, 5.41) is 0.773. The van der Waals surface area contributed by atoms with Crippen LogP contribution in [0.4, 0.5) is 0 Å². The largest absolute Gasteiger partial charge is 0.0985 e. The fourth-order valence-corrected chi connectivity index (χ4v) is 1.70. The van der Waals surface area contributed by atoms with E-state index in [-0.39, 0.29) is 0 Å². The number of aryl methyl sites for hydroxylation is 1. The molecule has 0 fully saturated rings. The maximum absolute atomic E-state index is 5.86. The van der Waals surface area contributed by atoms with Gasteiger partial charge in [0.2, 0.25) is 0 Å². The lowest BCUT2D eigenvalue weighted by molar-refractivity contribution is 1.46. The average molecular weight is 257 g/mol. The maximum Gasteiger partial charge on any atom is 0.0480 e. The summed E-state index contributed by atoms with van der Waals surface area (Å²) >= 11 is 5.86. The maximum atomic E-state index is 5.86. The first-order chi connectivity index (χ1) is 8.67. The minimum atomic E-state index is 0.773. The summed E-state index contributed by atoms with van der Waals surface area (Å²) in [6.07, 6.45) is 3.59. The molecular formula is C17H17Cl. The van der Waals surface area contributed by atoms with Crippen LogP contribution >= 0.6 is 11.6 Å². The van der Waals surface area contributed by atoms with Gasteiger partial charge in [-0.3, -0.25) is 0 Å². The first-order valence-corrected chi connectivity index (χ1v) is 6.11. The molecule has 0 radical (unpaired) electrons. The molecule has 0 spiro atoms. The molecule has 2 rings (SSSR count). The summed E-state index contributed by atoms with van der Waals surface area (Å²) in [6.45, 7) is 9.28. The molecule has 0 atom stereocenters. The molecule has 0 nitrogen and oxygen atoms in total. The smallest absolute Gasteiger partial charge is 0.0480 e. The van der Waals surface area contributed by atoms with Gasteiger partial charge in [0, 0.05) is 5.02 Å². The molecule has 0 amide bonds. The van der Waals surface area contributed by atoms with Crippen LogP contribution in [-0.4, -0.2) is 0 Å². The zero-order valence-corrected chi connectivity index (χ0v) is 11.3. The van der Waals surface area contributed by atoms with E-state index in [0.717, 1.165) is 10.6 Å². The normalized spacial score (nSPS) is 9.00. The summed E-state index contributed by atoms with van der Waals surface area (Å²) < 4.78 is 0. The first-order valence-electron chi connectivity index (χ1n) is 5.73. The van der Waals surface area contributed by atoms with Crippen LogP contribution in [0.2, 0.25) is 5.02 Å². The zero-order valence-electron chi connectivity index (χ0n) is 10.6. The van der Waals surface area contributed by atoms with Crippen molar-refractivity contribution in [2.75, 3.05) is 0 Å². The zero-order chi connectivity index (χ0) is 13.4. The molecule has 0 N–H and O–H groups in total. The van der Waals surface area contributed by atoms with E-state index in [2.05, 4.69) is 13.2 Å². The van der Waals surface area contributed by atoms with Crippen LogP contribution in [0, 0.1) is 6.92 Å². The van der Waals surface area contributed by atoms with Gasteiger partial charge in [0.1, 0.15) is 0 Å². The van der Waals surface area contributed by atoms with Gasteiger partial charge in [-0.15, -0.1) is 0 Å². The van der Waals surface area contributed by atoms with Crippen LogP contribution < -0.4 is 0 Å². The Morgan fingerprint density at radius 3 is 2.06 bits per heavy atom. The molecule has 0 saturated heterocycles. The number of hydrogen-bond donors (Lipinski definition) is 0. The van der Waals surface area contributed by atoms with Crippen LogP contribution in [0.25, 0.3) is 12.2 Å². The Kier molecular flexibility index (Phi) is 5.96. The van der Waals surface area contributed by atoms with Crippen molar-refractivity contribution >= 4 is 23.8 Å². The van der Waals surface area contributed by atoms with Gasteiger partial charge in [0.15, 0.2) is 0 Å². The molecule has 2 aromatic rings. The molecule has 0 bridgehead atoms. The summed E-state index contributed by atoms with van der Waals surface area (Å²) in [6, 6.07) is 15.9. The third-order valence-electron chi connectivity index (χ3n) is 2.41. The number of rotatable bonds is 2. The van der Waals surface area contributed by atoms with Crippen LogP contribution in [0.1, 0.15) is 16.7 Å². The van der Waals surface area contributed by atoms with E-state index < -0.39 is 0 Å². The summed E-state index contributed by atoms with van der Waals surface area (Å²) in [7, 11) is 0. The summed E-state index contributed by atoms with van der Waals surface area (Å²) in [4.78, 5) is 0. The van der Waals surface area contributed by atoms with Gasteiger partial charge < -0.3 is 0 Å². The van der Waals surface area contributed by atoms with Crippen LogP contribution in [-0.2, 0) is 0 Å². The lowest BCUT2D eigenvalue weighted by Crippen LogP contribution is -1.75. The highest BCUT2D eigenvalue weighted by Gasteiger charge is 1.93. The predicted octanol–water partition coefficient (Wildman–Crippen LogP) is 5.62. The molecule has 2 aromatic carbocycles. The molecule has 0 aliphatic heterocycles. The second kappa shape index (κ2) is 7.52. The predicted molar refractivity (Wildman–Crippen MR) is 82.8 cm³/mol. The second-order valence-electron chi connectivity index (χ2n) is 3.84. The van der Waals surface area contributed by atoms with Crippen LogP contribution in [0.3, 0.4) is 0 Å². The Morgan fingerprint density at radius 1 is 0.944 bits per heavy atom. The average Bonchev–Trinajstić information content (AvgIpc) is 2.40. The first kappa shape index (κ1) is 14.3. The lowest BCUT2D eigenvalue weighted by atomic mass is 10.1. The van der Waals surface area contributed by atoms with E-state index in [0.29, 0.717) is 0 Å². The minimum Gasteiger partial charge on any atom is -0.0985 e. The molecule has 1 heteroatoms. The molecule has 0 aliphatic rings. The van der Waals surface area contributed by atoms with Gasteiger partial charge in [-0.05, 0) is 29.7 Å². The Labute approximate surface area is 114 Å².